The average Bonchev–Trinajstić information content (AvgIpc) is 3.18. The summed E-state index contributed by atoms with van der Waals surface area (Å²) in [6, 6.07) is 2.27. The van der Waals surface area contributed by atoms with Gasteiger partial charge in [-0.25, -0.2) is 4.98 Å². The third-order valence-electron chi connectivity index (χ3n) is 4.68. The van der Waals surface area contributed by atoms with Crippen molar-refractivity contribution in [1.29, 1.82) is 0 Å². The second kappa shape index (κ2) is 7.04. The molecule has 2 atom stereocenters. The first-order valence-electron chi connectivity index (χ1n) is 8.24. The van der Waals surface area contributed by atoms with Crippen LogP contribution in [0.25, 0.3) is 11.3 Å². The van der Waals surface area contributed by atoms with Crippen molar-refractivity contribution in [2.45, 2.75) is 25.9 Å². The Kier molecular flexibility index (Phi) is 5.03. The van der Waals surface area contributed by atoms with Gasteiger partial charge in [0.25, 0.3) is 5.91 Å². The Morgan fingerprint density at radius 3 is 2.96 bits per heavy atom. The van der Waals surface area contributed by atoms with Crippen molar-refractivity contribution < 1.29 is 4.79 Å². The molecule has 24 heavy (non-hydrogen) atoms. The molecule has 0 bridgehead atoms. The Morgan fingerprint density at radius 2 is 2.25 bits per heavy atom. The summed E-state index contributed by atoms with van der Waals surface area (Å²) in [5.41, 5.74) is 2.44. The number of amides is 1. The highest BCUT2D eigenvalue weighted by Crippen LogP contribution is 2.22. The van der Waals surface area contributed by atoms with Gasteiger partial charge in [0.05, 0.1) is 10.7 Å². The fourth-order valence-corrected chi connectivity index (χ4v) is 3.76. The Hall–Kier alpha value is -1.70. The Morgan fingerprint density at radius 1 is 1.46 bits per heavy atom. The molecule has 130 valence electrons. The van der Waals surface area contributed by atoms with Crippen LogP contribution in [0.4, 0.5) is 0 Å². The summed E-state index contributed by atoms with van der Waals surface area (Å²) in [6.07, 6.45) is 1.84. The van der Waals surface area contributed by atoms with E-state index in [0.29, 0.717) is 11.7 Å². The van der Waals surface area contributed by atoms with Crippen LogP contribution in [0.5, 0.6) is 0 Å². The van der Waals surface area contributed by atoms with Crippen LogP contribution in [0.1, 0.15) is 22.4 Å². The van der Waals surface area contributed by atoms with E-state index in [0.717, 1.165) is 35.9 Å². The molecule has 2 N–H and O–H groups in total. The van der Waals surface area contributed by atoms with Gasteiger partial charge in [0, 0.05) is 48.9 Å². The molecule has 0 spiro atoms. The van der Waals surface area contributed by atoms with Gasteiger partial charge < -0.3 is 15.2 Å². The molecule has 1 saturated heterocycles. The lowest BCUT2D eigenvalue weighted by atomic mass is 10.1. The van der Waals surface area contributed by atoms with Gasteiger partial charge >= 0.3 is 0 Å². The van der Waals surface area contributed by atoms with Gasteiger partial charge in [-0.1, -0.05) is 0 Å². The minimum absolute atomic E-state index is 0.0673. The van der Waals surface area contributed by atoms with Crippen LogP contribution in [0.15, 0.2) is 17.6 Å². The first-order valence-corrected chi connectivity index (χ1v) is 9.12. The van der Waals surface area contributed by atoms with Gasteiger partial charge in [0.15, 0.2) is 0 Å². The van der Waals surface area contributed by atoms with Crippen molar-refractivity contribution >= 4 is 17.2 Å². The number of aryl methyl sites for hydroxylation is 1. The van der Waals surface area contributed by atoms with Crippen LogP contribution < -0.4 is 5.32 Å². The molecule has 0 saturated carbocycles. The Bertz CT molecular complexity index is 709. The number of aromatic amines is 1. The number of nitrogens with zero attached hydrogens (tertiary/aromatic N) is 3. The summed E-state index contributed by atoms with van der Waals surface area (Å²) >= 11 is 1.61. The van der Waals surface area contributed by atoms with Gasteiger partial charge in [-0.2, -0.15) is 0 Å². The first-order chi connectivity index (χ1) is 11.4. The van der Waals surface area contributed by atoms with E-state index in [1.165, 1.54) is 0 Å². The number of H-pyrrole nitrogens is 1. The van der Waals surface area contributed by atoms with Gasteiger partial charge in [-0.05, 0) is 34.0 Å². The molecule has 2 aromatic rings. The fraction of sp³-hybridized carbons (Fsp3) is 0.529. The van der Waals surface area contributed by atoms with E-state index in [2.05, 4.69) is 46.1 Å². The predicted molar refractivity (Wildman–Crippen MR) is 97.5 cm³/mol. The number of carbonyl (C=O) groups is 1. The smallest absolute Gasteiger partial charge is 0.267 e. The van der Waals surface area contributed by atoms with E-state index in [4.69, 9.17) is 0 Å². The monoisotopic (exact) mass is 347 g/mol. The van der Waals surface area contributed by atoms with Crippen LogP contribution in [0, 0.1) is 6.92 Å². The van der Waals surface area contributed by atoms with E-state index in [1.807, 2.05) is 24.6 Å². The zero-order valence-corrected chi connectivity index (χ0v) is 15.5. The first kappa shape index (κ1) is 17.1. The normalized spacial score (nSPS) is 20.9. The van der Waals surface area contributed by atoms with E-state index < -0.39 is 0 Å². The quantitative estimate of drug-likeness (QED) is 0.885. The number of hydrogen-bond donors (Lipinski definition) is 2. The summed E-state index contributed by atoms with van der Waals surface area (Å²) in [5.74, 6) is -0.0673. The molecule has 3 rings (SSSR count). The lowest BCUT2D eigenvalue weighted by Gasteiger charge is -2.40. The summed E-state index contributed by atoms with van der Waals surface area (Å²) in [4.78, 5) is 24.7. The Labute approximate surface area is 146 Å². The molecule has 7 heteroatoms. The number of hydrogen-bond acceptors (Lipinski definition) is 5. The molecule has 0 aromatic carbocycles. The second-order valence-electron chi connectivity index (χ2n) is 6.63. The number of likely N-dealkylation sites (N-methyl/N-ethyl adjacent to an activating group) is 2. The molecule has 6 nitrogen and oxygen atoms in total. The van der Waals surface area contributed by atoms with Crippen LogP contribution in [-0.2, 0) is 0 Å². The number of piperazine rings is 1. The SMILES string of the molecule is Cc1nc(-c2c[nH]c(C(=O)NC(C)C3CN(C)CCN3C)c2)cs1. The molecule has 2 unspecified atom stereocenters. The minimum atomic E-state index is -0.0673. The summed E-state index contributed by atoms with van der Waals surface area (Å²) < 4.78 is 0. The maximum atomic E-state index is 12.5. The lowest BCUT2D eigenvalue weighted by molar-refractivity contribution is 0.0769. The maximum Gasteiger partial charge on any atom is 0.267 e. The lowest BCUT2D eigenvalue weighted by Crippen LogP contribution is -2.58. The molecule has 2 aromatic heterocycles. The highest BCUT2D eigenvalue weighted by molar-refractivity contribution is 7.09. The number of aromatic nitrogens is 2. The largest absolute Gasteiger partial charge is 0.357 e. The predicted octanol–water partition coefficient (Wildman–Crippen LogP) is 1.81. The van der Waals surface area contributed by atoms with Crippen LogP contribution >= 0.6 is 11.3 Å². The fourth-order valence-electron chi connectivity index (χ4n) is 3.13. The van der Waals surface area contributed by atoms with Crippen molar-refractivity contribution in [2.24, 2.45) is 0 Å². The molecule has 1 aliphatic rings. The highest BCUT2D eigenvalue weighted by Gasteiger charge is 2.28. The number of carbonyl (C=O) groups excluding carboxylic acids is 1. The second-order valence-corrected chi connectivity index (χ2v) is 7.69. The van der Waals surface area contributed by atoms with Gasteiger partial charge in [0.2, 0.25) is 0 Å². The zero-order chi connectivity index (χ0) is 17.3. The van der Waals surface area contributed by atoms with Crippen molar-refractivity contribution in [3.63, 3.8) is 0 Å². The molecule has 1 aliphatic heterocycles. The minimum Gasteiger partial charge on any atom is -0.357 e. The Balaban J connectivity index is 1.65. The van der Waals surface area contributed by atoms with E-state index in [-0.39, 0.29) is 11.9 Å². The van der Waals surface area contributed by atoms with Gasteiger partial charge in [-0.15, -0.1) is 11.3 Å². The van der Waals surface area contributed by atoms with E-state index in [9.17, 15) is 4.79 Å². The van der Waals surface area contributed by atoms with Crippen molar-refractivity contribution in [2.75, 3.05) is 33.7 Å². The van der Waals surface area contributed by atoms with Gasteiger partial charge in [0.1, 0.15) is 5.69 Å². The van der Waals surface area contributed by atoms with Crippen LogP contribution in [0.3, 0.4) is 0 Å². The molecular weight excluding hydrogens is 322 g/mol. The van der Waals surface area contributed by atoms with E-state index in [1.54, 1.807) is 11.3 Å². The zero-order valence-electron chi connectivity index (χ0n) is 14.7. The number of nitrogens with one attached hydrogen (secondary N) is 2. The summed E-state index contributed by atoms with van der Waals surface area (Å²) in [6.45, 7) is 7.11. The topological polar surface area (TPSA) is 64.3 Å². The third kappa shape index (κ3) is 3.68. The number of rotatable bonds is 4. The van der Waals surface area contributed by atoms with Gasteiger partial charge in [-0.3, -0.25) is 9.69 Å². The standard InChI is InChI=1S/C17H25N5OS/c1-11(16-9-21(3)5-6-22(16)4)19-17(23)14-7-13(8-18-14)15-10-24-12(2)20-15/h7-8,10-11,16,18H,5-6,9H2,1-4H3,(H,19,23). The molecule has 0 radical (unpaired) electrons. The number of thiazole rings is 1. The molecule has 1 fully saturated rings. The molecule has 0 aliphatic carbocycles. The van der Waals surface area contributed by atoms with Crippen molar-refractivity contribution in [3.8, 4) is 11.3 Å². The van der Waals surface area contributed by atoms with Crippen LogP contribution in [-0.4, -0.2) is 71.5 Å². The molecule has 3 heterocycles. The summed E-state index contributed by atoms with van der Waals surface area (Å²) in [7, 11) is 4.25. The van der Waals surface area contributed by atoms with E-state index >= 15 is 0 Å². The highest BCUT2D eigenvalue weighted by atomic mass is 32.1. The average molecular weight is 347 g/mol. The van der Waals surface area contributed by atoms with Crippen LogP contribution in [0.2, 0.25) is 0 Å². The van der Waals surface area contributed by atoms with Crippen molar-refractivity contribution in [1.82, 2.24) is 25.1 Å². The summed E-state index contributed by atoms with van der Waals surface area (Å²) in [5, 5.41) is 6.16. The molecular formula is C17H25N5OS. The molecule has 1 amide bonds. The third-order valence-corrected chi connectivity index (χ3v) is 5.45. The maximum absolute atomic E-state index is 12.5. The van der Waals surface area contributed by atoms with Crippen molar-refractivity contribution in [3.05, 3.63) is 28.3 Å².